The van der Waals surface area contributed by atoms with Gasteiger partial charge in [0.2, 0.25) is 10.0 Å². The predicted molar refractivity (Wildman–Crippen MR) is 98.5 cm³/mol. The number of benzene rings is 2. The van der Waals surface area contributed by atoms with Crippen LogP contribution >= 0.6 is 0 Å². The first-order valence-electron chi connectivity index (χ1n) is 7.98. The second-order valence-corrected chi connectivity index (χ2v) is 8.53. The summed E-state index contributed by atoms with van der Waals surface area (Å²) in [6, 6.07) is 13.9. The molecule has 0 aromatic heterocycles. The normalized spacial score (nSPS) is 13.3. The molecule has 1 N–H and O–H groups in total. The van der Waals surface area contributed by atoms with Crippen LogP contribution in [0.1, 0.15) is 32.4 Å². The highest BCUT2D eigenvalue weighted by Crippen LogP contribution is 2.36. The Labute approximate surface area is 150 Å². The summed E-state index contributed by atoms with van der Waals surface area (Å²) in [5.74, 6) is 0.724. The summed E-state index contributed by atoms with van der Waals surface area (Å²) >= 11 is 0. The van der Waals surface area contributed by atoms with E-state index in [1.54, 1.807) is 12.1 Å². The highest BCUT2D eigenvalue weighted by molar-refractivity contribution is 7.89. The summed E-state index contributed by atoms with van der Waals surface area (Å²) in [5, 5.41) is 0. The molecule has 0 aliphatic carbocycles. The van der Waals surface area contributed by atoms with Crippen LogP contribution in [0.3, 0.4) is 0 Å². The van der Waals surface area contributed by atoms with Gasteiger partial charge < -0.3 is 9.47 Å². The van der Waals surface area contributed by atoms with Crippen molar-refractivity contribution in [1.82, 2.24) is 4.72 Å². The molecular formula is C19H25NO4S. The minimum absolute atomic E-state index is 0.0551. The van der Waals surface area contributed by atoms with Gasteiger partial charge in [-0.3, -0.25) is 0 Å². The zero-order chi connectivity index (χ0) is 18.7. The first kappa shape index (κ1) is 19.3. The van der Waals surface area contributed by atoms with Crippen LogP contribution in [0.4, 0.5) is 0 Å². The van der Waals surface area contributed by atoms with E-state index in [2.05, 4.69) is 4.72 Å². The quantitative estimate of drug-likeness (QED) is 0.848. The molecular weight excluding hydrogens is 338 g/mol. The van der Waals surface area contributed by atoms with Crippen LogP contribution in [0.5, 0.6) is 11.5 Å². The Kier molecular flexibility index (Phi) is 5.75. The average Bonchev–Trinajstić information content (AvgIpc) is 2.59. The maximum Gasteiger partial charge on any atom is 0.244 e. The molecule has 2 aromatic rings. The third-order valence-electron chi connectivity index (χ3n) is 3.93. The molecule has 0 saturated carbocycles. The number of ether oxygens (including phenoxy) is 2. The Morgan fingerprint density at radius 1 is 0.960 bits per heavy atom. The van der Waals surface area contributed by atoms with Crippen molar-refractivity contribution in [2.75, 3.05) is 14.2 Å². The van der Waals surface area contributed by atoms with E-state index in [1.807, 2.05) is 51.1 Å². The molecule has 5 nitrogen and oxygen atoms in total. The van der Waals surface area contributed by atoms with Crippen LogP contribution in [0.25, 0.3) is 0 Å². The van der Waals surface area contributed by atoms with Crippen molar-refractivity contribution in [3.63, 3.8) is 0 Å². The van der Waals surface area contributed by atoms with Crippen molar-refractivity contribution in [2.24, 2.45) is 5.41 Å². The molecule has 0 heterocycles. The molecule has 0 radical (unpaired) electrons. The van der Waals surface area contributed by atoms with Crippen LogP contribution in [0.15, 0.2) is 53.4 Å². The molecule has 0 fully saturated rings. The molecule has 2 rings (SSSR count). The molecule has 1 atom stereocenters. The van der Waals surface area contributed by atoms with E-state index in [0.29, 0.717) is 5.75 Å². The van der Waals surface area contributed by atoms with Crippen molar-refractivity contribution >= 4 is 10.0 Å². The van der Waals surface area contributed by atoms with Crippen LogP contribution in [0, 0.1) is 5.41 Å². The van der Waals surface area contributed by atoms with E-state index in [9.17, 15) is 8.42 Å². The first-order chi connectivity index (χ1) is 11.7. The molecule has 2 aromatic carbocycles. The fraction of sp³-hybridized carbons (Fsp3) is 0.368. The second-order valence-electron chi connectivity index (χ2n) is 6.85. The second kappa shape index (κ2) is 7.45. The maximum atomic E-state index is 13.1. The van der Waals surface area contributed by atoms with E-state index < -0.39 is 16.1 Å². The third kappa shape index (κ3) is 4.52. The average molecular weight is 363 g/mol. The van der Waals surface area contributed by atoms with Gasteiger partial charge in [-0.25, -0.2) is 13.1 Å². The van der Waals surface area contributed by atoms with E-state index in [-0.39, 0.29) is 16.1 Å². The van der Waals surface area contributed by atoms with Crippen molar-refractivity contribution in [3.05, 3.63) is 54.1 Å². The monoisotopic (exact) mass is 363 g/mol. The highest BCUT2D eigenvalue weighted by Gasteiger charge is 2.32. The molecule has 0 amide bonds. The summed E-state index contributed by atoms with van der Waals surface area (Å²) in [4.78, 5) is 0.0551. The van der Waals surface area contributed by atoms with Gasteiger partial charge in [0.25, 0.3) is 0 Å². The lowest BCUT2D eigenvalue weighted by atomic mass is 9.83. The van der Waals surface area contributed by atoms with Gasteiger partial charge in [0.15, 0.2) is 0 Å². The fourth-order valence-electron chi connectivity index (χ4n) is 2.60. The molecule has 1 unspecified atom stereocenters. The van der Waals surface area contributed by atoms with Gasteiger partial charge in [0.05, 0.1) is 20.3 Å². The largest absolute Gasteiger partial charge is 0.497 e. The van der Waals surface area contributed by atoms with Crippen LogP contribution in [0.2, 0.25) is 0 Å². The Bertz CT molecular complexity index is 811. The van der Waals surface area contributed by atoms with Gasteiger partial charge in [0, 0.05) is 6.07 Å². The Hall–Kier alpha value is -2.05. The van der Waals surface area contributed by atoms with Gasteiger partial charge >= 0.3 is 0 Å². The standard InChI is InChI=1S/C19H25NO4S/c1-19(2,3)18(14-9-7-6-8-10-14)20-25(21,22)17-13-15(23-4)11-12-16(17)24-5/h6-13,18,20H,1-5H3. The number of hydrogen-bond donors (Lipinski definition) is 1. The summed E-state index contributed by atoms with van der Waals surface area (Å²) in [6.07, 6.45) is 0. The zero-order valence-corrected chi connectivity index (χ0v) is 16.1. The predicted octanol–water partition coefficient (Wildman–Crippen LogP) is 3.77. The lowest BCUT2D eigenvalue weighted by Crippen LogP contribution is -2.36. The van der Waals surface area contributed by atoms with Crippen molar-refractivity contribution in [1.29, 1.82) is 0 Å². The van der Waals surface area contributed by atoms with E-state index in [0.717, 1.165) is 5.56 Å². The summed E-state index contributed by atoms with van der Waals surface area (Å²) in [7, 11) is -0.884. The van der Waals surface area contributed by atoms with Crippen molar-refractivity contribution in [3.8, 4) is 11.5 Å². The number of rotatable bonds is 6. The van der Waals surface area contributed by atoms with Gasteiger partial charge in [-0.15, -0.1) is 0 Å². The molecule has 0 spiro atoms. The third-order valence-corrected chi connectivity index (χ3v) is 5.38. The van der Waals surface area contributed by atoms with Gasteiger partial charge in [-0.2, -0.15) is 0 Å². The Morgan fingerprint density at radius 2 is 1.60 bits per heavy atom. The smallest absolute Gasteiger partial charge is 0.244 e. The molecule has 0 bridgehead atoms. The first-order valence-corrected chi connectivity index (χ1v) is 9.46. The lowest BCUT2D eigenvalue weighted by molar-refractivity contribution is 0.304. The molecule has 0 saturated heterocycles. The molecule has 0 aliphatic heterocycles. The summed E-state index contributed by atoms with van der Waals surface area (Å²) < 4.78 is 39.3. The van der Waals surface area contributed by atoms with E-state index in [1.165, 1.54) is 20.3 Å². The molecule has 0 aliphatic rings. The molecule has 25 heavy (non-hydrogen) atoms. The number of methoxy groups -OCH3 is 2. The topological polar surface area (TPSA) is 64.6 Å². The highest BCUT2D eigenvalue weighted by atomic mass is 32.2. The number of sulfonamides is 1. The van der Waals surface area contributed by atoms with E-state index >= 15 is 0 Å². The van der Waals surface area contributed by atoms with Gasteiger partial charge in [-0.1, -0.05) is 51.1 Å². The molecule has 136 valence electrons. The fourth-order valence-corrected chi connectivity index (χ4v) is 4.22. The minimum atomic E-state index is -3.82. The Balaban J connectivity index is 2.48. The number of nitrogens with one attached hydrogen (secondary N) is 1. The van der Waals surface area contributed by atoms with Crippen molar-refractivity contribution < 1.29 is 17.9 Å². The lowest BCUT2D eigenvalue weighted by Gasteiger charge is -2.32. The van der Waals surface area contributed by atoms with Crippen molar-refractivity contribution in [2.45, 2.75) is 31.7 Å². The SMILES string of the molecule is COc1ccc(OC)c(S(=O)(=O)NC(c2ccccc2)C(C)(C)C)c1. The van der Waals surface area contributed by atoms with Gasteiger partial charge in [-0.05, 0) is 23.1 Å². The Morgan fingerprint density at radius 3 is 2.12 bits per heavy atom. The maximum absolute atomic E-state index is 13.1. The van der Waals surface area contributed by atoms with Gasteiger partial charge in [0.1, 0.15) is 16.4 Å². The van der Waals surface area contributed by atoms with E-state index in [4.69, 9.17) is 9.47 Å². The summed E-state index contributed by atoms with van der Waals surface area (Å²) in [5.41, 5.74) is 0.584. The molecule has 6 heteroatoms. The van der Waals surface area contributed by atoms with Crippen LogP contribution < -0.4 is 14.2 Å². The minimum Gasteiger partial charge on any atom is -0.497 e. The summed E-state index contributed by atoms with van der Waals surface area (Å²) in [6.45, 7) is 5.99. The zero-order valence-electron chi connectivity index (χ0n) is 15.2. The van der Waals surface area contributed by atoms with Crippen LogP contribution in [-0.2, 0) is 10.0 Å². The van der Waals surface area contributed by atoms with Crippen LogP contribution in [-0.4, -0.2) is 22.6 Å². The number of hydrogen-bond acceptors (Lipinski definition) is 4.